The number of rotatable bonds is 4. The molecule has 1 N–H and O–H groups in total. The van der Waals surface area contributed by atoms with Crippen molar-refractivity contribution in [2.24, 2.45) is 5.92 Å². The zero-order valence-electron chi connectivity index (χ0n) is 11.3. The first-order valence-electron chi connectivity index (χ1n) is 6.89. The van der Waals surface area contributed by atoms with Crippen LogP contribution < -0.4 is 5.32 Å². The maximum Gasteiger partial charge on any atom is 0.253 e. The van der Waals surface area contributed by atoms with Gasteiger partial charge >= 0.3 is 0 Å². The SMILES string of the molecule is CCN(CC1CC1)C(=O)c1ccc2c(c1)CNC2.Cl. The van der Waals surface area contributed by atoms with Gasteiger partial charge in [-0.1, -0.05) is 6.07 Å². The van der Waals surface area contributed by atoms with Gasteiger partial charge in [0.2, 0.25) is 0 Å². The van der Waals surface area contributed by atoms with Crippen LogP contribution in [-0.2, 0) is 13.1 Å². The molecule has 2 aliphatic rings. The molecule has 3 rings (SSSR count). The number of amides is 1. The molecule has 104 valence electrons. The Bertz CT molecular complexity index is 471. The van der Waals surface area contributed by atoms with Crippen LogP contribution in [0.1, 0.15) is 41.3 Å². The van der Waals surface area contributed by atoms with Crippen LogP contribution in [0, 0.1) is 5.92 Å². The van der Waals surface area contributed by atoms with Crippen LogP contribution in [-0.4, -0.2) is 23.9 Å². The van der Waals surface area contributed by atoms with Gasteiger partial charge in [0.15, 0.2) is 0 Å². The third kappa shape index (κ3) is 3.10. The Hall–Kier alpha value is -1.06. The number of hydrogen-bond donors (Lipinski definition) is 1. The molecule has 3 nitrogen and oxygen atoms in total. The van der Waals surface area contributed by atoms with E-state index in [-0.39, 0.29) is 18.3 Å². The van der Waals surface area contributed by atoms with E-state index in [0.29, 0.717) is 0 Å². The summed E-state index contributed by atoms with van der Waals surface area (Å²) >= 11 is 0. The fourth-order valence-corrected chi connectivity index (χ4v) is 2.58. The van der Waals surface area contributed by atoms with Crippen LogP contribution in [0.25, 0.3) is 0 Å². The molecule has 1 fully saturated rings. The van der Waals surface area contributed by atoms with Crippen molar-refractivity contribution in [3.8, 4) is 0 Å². The third-order valence-electron chi connectivity index (χ3n) is 3.93. The number of nitrogens with one attached hydrogen (secondary N) is 1. The molecule has 0 saturated heterocycles. The highest BCUT2D eigenvalue weighted by Gasteiger charge is 2.26. The van der Waals surface area contributed by atoms with Gasteiger partial charge in [0, 0.05) is 31.7 Å². The molecule has 1 heterocycles. The van der Waals surface area contributed by atoms with Crippen LogP contribution in [0.5, 0.6) is 0 Å². The van der Waals surface area contributed by atoms with Gasteiger partial charge in [-0.05, 0) is 48.9 Å². The molecule has 1 aliphatic carbocycles. The predicted molar refractivity (Wildman–Crippen MR) is 78.5 cm³/mol. The normalized spacial score (nSPS) is 16.7. The summed E-state index contributed by atoms with van der Waals surface area (Å²) in [5.41, 5.74) is 3.46. The largest absolute Gasteiger partial charge is 0.339 e. The highest BCUT2D eigenvalue weighted by molar-refractivity contribution is 5.94. The molecule has 0 radical (unpaired) electrons. The minimum absolute atomic E-state index is 0. The van der Waals surface area contributed by atoms with E-state index in [4.69, 9.17) is 0 Å². The second kappa shape index (κ2) is 5.93. The van der Waals surface area contributed by atoms with Crippen molar-refractivity contribution in [1.29, 1.82) is 0 Å². The molecule has 0 spiro atoms. The zero-order valence-corrected chi connectivity index (χ0v) is 12.1. The fraction of sp³-hybridized carbons (Fsp3) is 0.533. The number of carbonyl (C=O) groups is 1. The Morgan fingerprint density at radius 1 is 1.32 bits per heavy atom. The van der Waals surface area contributed by atoms with Crippen LogP contribution >= 0.6 is 12.4 Å². The van der Waals surface area contributed by atoms with Gasteiger partial charge in [-0.2, -0.15) is 0 Å². The molecule has 0 unspecified atom stereocenters. The van der Waals surface area contributed by atoms with Crippen molar-refractivity contribution in [2.45, 2.75) is 32.9 Å². The third-order valence-corrected chi connectivity index (χ3v) is 3.93. The molecular weight excluding hydrogens is 260 g/mol. The van der Waals surface area contributed by atoms with E-state index in [1.807, 2.05) is 11.0 Å². The van der Waals surface area contributed by atoms with Gasteiger partial charge in [-0.25, -0.2) is 0 Å². The smallest absolute Gasteiger partial charge is 0.253 e. The maximum absolute atomic E-state index is 12.4. The molecule has 0 aromatic heterocycles. The molecule has 1 aromatic carbocycles. The number of hydrogen-bond acceptors (Lipinski definition) is 2. The molecule has 1 amide bonds. The van der Waals surface area contributed by atoms with Crippen LogP contribution in [0.4, 0.5) is 0 Å². The summed E-state index contributed by atoms with van der Waals surface area (Å²) < 4.78 is 0. The fourth-order valence-electron chi connectivity index (χ4n) is 2.58. The number of benzene rings is 1. The maximum atomic E-state index is 12.4. The summed E-state index contributed by atoms with van der Waals surface area (Å²) in [6.07, 6.45) is 2.58. The monoisotopic (exact) mass is 280 g/mol. The summed E-state index contributed by atoms with van der Waals surface area (Å²) in [4.78, 5) is 14.4. The molecule has 4 heteroatoms. The molecule has 19 heavy (non-hydrogen) atoms. The number of carbonyl (C=O) groups excluding carboxylic acids is 1. The Kier molecular flexibility index (Phi) is 4.48. The molecular formula is C15H21ClN2O. The summed E-state index contributed by atoms with van der Waals surface area (Å²) in [7, 11) is 0. The van der Waals surface area contributed by atoms with E-state index in [9.17, 15) is 4.79 Å². The number of fused-ring (bicyclic) bond motifs is 1. The van der Waals surface area contributed by atoms with Crippen molar-refractivity contribution >= 4 is 18.3 Å². The first-order chi connectivity index (χ1) is 8.78. The van der Waals surface area contributed by atoms with Gasteiger partial charge in [-0.15, -0.1) is 12.4 Å². The Labute approximate surface area is 120 Å². The molecule has 0 atom stereocenters. The van der Waals surface area contributed by atoms with E-state index in [2.05, 4.69) is 24.4 Å². The lowest BCUT2D eigenvalue weighted by Gasteiger charge is -2.21. The van der Waals surface area contributed by atoms with Crippen LogP contribution in [0.3, 0.4) is 0 Å². The van der Waals surface area contributed by atoms with Crippen molar-refractivity contribution in [2.75, 3.05) is 13.1 Å². The Balaban J connectivity index is 0.00000133. The quantitative estimate of drug-likeness (QED) is 0.919. The summed E-state index contributed by atoms with van der Waals surface area (Å²) in [5, 5.41) is 3.31. The first kappa shape index (κ1) is 14.4. The predicted octanol–water partition coefficient (Wildman–Crippen LogP) is 2.58. The minimum Gasteiger partial charge on any atom is -0.339 e. The molecule has 1 saturated carbocycles. The summed E-state index contributed by atoms with van der Waals surface area (Å²) in [6.45, 7) is 5.64. The lowest BCUT2D eigenvalue weighted by atomic mass is 10.1. The van der Waals surface area contributed by atoms with E-state index < -0.39 is 0 Å². The second-order valence-corrected chi connectivity index (χ2v) is 5.37. The Morgan fingerprint density at radius 2 is 2.05 bits per heavy atom. The van der Waals surface area contributed by atoms with Gasteiger partial charge in [0.05, 0.1) is 0 Å². The highest BCUT2D eigenvalue weighted by atomic mass is 35.5. The minimum atomic E-state index is 0. The van der Waals surface area contributed by atoms with Crippen LogP contribution in [0.15, 0.2) is 18.2 Å². The van der Waals surface area contributed by atoms with E-state index in [1.165, 1.54) is 24.0 Å². The van der Waals surface area contributed by atoms with Crippen molar-refractivity contribution < 1.29 is 4.79 Å². The van der Waals surface area contributed by atoms with Crippen molar-refractivity contribution in [1.82, 2.24) is 10.2 Å². The van der Waals surface area contributed by atoms with E-state index in [1.54, 1.807) is 0 Å². The lowest BCUT2D eigenvalue weighted by Crippen LogP contribution is -2.32. The van der Waals surface area contributed by atoms with E-state index in [0.717, 1.165) is 37.7 Å². The average molecular weight is 281 g/mol. The van der Waals surface area contributed by atoms with Gasteiger partial charge < -0.3 is 10.2 Å². The number of halogens is 1. The van der Waals surface area contributed by atoms with Crippen LogP contribution in [0.2, 0.25) is 0 Å². The summed E-state index contributed by atoms with van der Waals surface area (Å²) in [5.74, 6) is 0.948. The second-order valence-electron chi connectivity index (χ2n) is 5.37. The molecule has 0 bridgehead atoms. The first-order valence-corrected chi connectivity index (χ1v) is 6.89. The van der Waals surface area contributed by atoms with Gasteiger partial charge in [-0.3, -0.25) is 4.79 Å². The molecule has 1 aliphatic heterocycles. The highest BCUT2D eigenvalue weighted by Crippen LogP contribution is 2.30. The standard InChI is InChI=1S/C15H20N2O.ClH/c1-2-17(10-11-3-4-11)15(18)12-5-6-13-8-16-9-14(13)7-12;/h5-7,11,16H,2-4,8-10H2,1H3;1H. The summed E-state index contributed by atoms with van der Waals surface area (Å²) in [6, 6.07) is 6.13. The zero-order chi connectivity index (χ0) is 12.5. The van der Waals surface area contributed by atoms with Gasteiger partial charge in [0.1, 0.15) is 0 Å². The van der Waals surface area contributed by atoms with Gasteiger partial charge in [0.25, 0.3) is 5.91 Å². The van der Waals surface area contributed by atoms with Crippen molar-refractivity contribution in [3.63, 3.8) is 0 Å². The number of nitrogens with zero attached hydrogens (tertiary/aromatic N) is 1. The topological polar surface area (TPSA) is 32.3 Å². The van der Waals surface area contributed by atoms with Crippen molar-refractivity contribution in [3.05, 3.63) is 34.9 Å². The lowest BCUT2D eigenvalue weighted by molar-refractivity contribution is 0.0757. The van der Waals surface area contributed by atoms with E-state index >= 15 is 0 Å². The Morgan fingerprint density at radius 3 is 2.74 bits per heavy atom. The molecule has 1 aromatic rings. The average Bonchev–Trinajstić information content (AvgIpc) is 3.09.